The van der Waals surface area contributed by atoms with E-state index in [0.717, 1.165) is 22.1 Å². The predicted molar refractivity (Wildman–Crippen MR) is 79.9 cm³/mol. The molecule has 0 aliphatic rings. The van der Waals surface area contributed by atoms with Crippen LogP contribution < -0.4 is 10.5 Å². The monoisotopic (exact) mass is 256 g/mol. The van der Waals surface area contributed by atoms with E-state index in [1.807, 2.05) is 36.4 Å². The quantitative estimate of drug-likeness (QED) is 0.651. The number of fused-ring (bicyclic) bond motifs is 1. The third kappa shape index (κ3) is 3.25. The number of nitrogens with two attached hydrogens (primary N) is 1. The molecule has 0 heterocycles. The molecule has 0 bridgehead atoms. The predicted octanol–water partition coefficient (Wildman–Crippen LogP) is 3.55. The lowest BCUT2D eigenvalue weighted by molar-refractivity contribution is 0.198. The fraction of sp³-hybridized carbons (Fsp3) is 0.312. The maximum Gasteiger partial charge on any atom is 0.123 e. The summed E-state index contributed by atoms with van der Waals surface area (Å²) in [6.45, 7) is 7.09. The van der Waals surface area contributed by atoms with Crippen molar-refractivity contribution in [2.75, 3.05) is 6.61 Å². The van der Waals surface area contributed by atoms with Crippen LogP contribution in [0.4, 0.5) is 0 Å². The molecule has 0 radical (unpaired) electrons. The van der Waals surface area contributed by atoms with Crippen LogP contribution in [0.15, 0.2) is 36.4 Å². The third-order valence-corrected chi connectivity index (χ3v) is 2.81. The normalized spacial score (nSPS) is 11.5. The van der Waals surface area contributed by atoms with Crippen LogP contribution in [0.5, 0.6) is 5.75 Å². The van der Waals surface area contributed by atoms with Gasteiger partial charge in [-0.05, 0) is 34.4 Å². The van der Waals surface area contributed by atoms with Gasteiger partial charge in [-0.15, -0.1) is 0 Å². The molecule has 19 heavy (non-hydrogen) atoms. The average molecular weight is 256 g/mol. The third-order valence-electron chi connectivity index (χ3n) is 2.81. The molecule has 0 unspecified atom stereocenters. The molecule has 0 atom stereocenters. The first-order chi connectivity index (χ1) is 8.87. The summed E-state index contributed by atoms with van der Waals surface area (Å²) in [5.41, 5.74) is 6.48. The van der Waals surface area contributed by atoms with Crippen LogP contribution in [-0.4, -0.2) is 12.4 Å². The first-order valence-electron chi connectivity index (χ1n) is 6.37. The Labute approximate surface area is 113 Å². The van der Waals surface area contributed by atoms with Crippen molar-refractivity contribution in [2.45, 2.75) is 20.8 Å². The molecule has 0 saturated carbocycles. The molecule has 3 nitrogen and oxygen atoms in total. The summed E-state index contributed by atoms with van der Waals surface area (Å²) in [6.07, 6.45) is 0. The van der Waals surface area contributed by atoms with Crippen LogP contribution in [0.25, 0.3) is 10.8 Å². The van der Waals surface area contributed by atoms with E-state index in [9.17, 15) is 0 Å². The molecular formula is C16H20N2O. The largest absolute Gasteiger partial charge is 0.493 e. The molecular weight excluding hydrogens is 236 g/mol. The molecule has 2 rings (SSSR count). The summed E-state index contributed by atoms with van der Waals surface area (Å²) in [4.78, 5) is 0. The Kier molecular flexibility index (Phi) is 3.47. The van der Waals surface area contributed by atoms with Crippen molar-refractivity contribution >= 4 is 16.6 Å². The molecule has 0 aromatic heterocycles. The van der Waals surface area contributed by atoms with Gasteiger partial charge in [-0.1, -0.05) is 39.0 Å². The van der Waals surface area contributed by atoms with Gasteiger partial charge in [0, 0.05) is 5.56 Å². The molecule has 100 valence electrons. The Morgan fingerprint density at radius 1 is 1.21 bits per heavy atom. The summed E-state index contributed by atoms with van der Waals surface area (Å²) in [5, 5.41) is 9.61. The van der Waals surface area contributed by atoms with Gasteiger partial charge in [0.2, 0.25) is 0 Å². The van der Waals surface area contributed by atoms with Crippen LogP contribution in [0.1, 0.15) is 26.3 Å². The zero-order chi connectivity index (χ0) is 14.0. The van der Waals surface area contributed by atoms with Crippen molar-refractivity contribution in [2.24, 2.45) is 11.1 Å². The molecule has 0 fully saturated rings. The van der Waals surface area contributed by atoms with Crippen molar-refractivity contribution < 1.29 is 4.74 Å². The summed E-state index contributed by atoms with van der Waals surface area (Å²) in [6, 6.07) is 11.7. The number of hydrogen-bond acceptors (Lipinski definition) is 2. The Bertz CT molecular complexity index is 612. The van der Waals surface area contributed by atoms with Gasteiger partial charge in [0.05, 0.1) is 6.61 Å². The number of ether oxygens (including phenoxy) is 1. The van der Waals surface area contributed by atoms with Gasteiger partial charge in [-0.3, -0.25) is 5.41 Å². The van der Waals surface area contributed by atoms with Crippen molar-refractivity contribution in [3.8, 4) is 5.75 Å². The smallest absolute Gasteiger partial charge is 0.123 e. The molecule has 0 aliphatic carbocycles. The second kappa shape index (κ2) is 4.92. The van der Waals surface area contributed by atoms with Crippen molar-refractivity contribution in [3.63, 3.8) is 0 Å². The molecule has 0 saturated heterocycles. The molecule has 2 aromatic rings. The number of hydrogen-bond donors (Lipinski definition) is 2. The number of nitrogen functional groups attached to an aromatic ring is 1. The Morgan fingerprint density at radius 3 is 2.58 bits per heavy atom. The Hall–Kier alpha value is -2.03. The van der Waals surface area contributed by atoms with Crippen molar-refractivity contribution in [3.05, 3.63) is 42.0 Å². The maximum absolute atomic E-state index is 7.58. The van der Waals surface area contributed by atoms with E-state index < -0.39 is 0 Å². The van der Waals surface area contributed by atoms with Gasteiger partial charge in [0.15, 0.2) is 0 Å². The van der Waals surface area contributed by atoms with Crippen LogP contribution >= 0.6 is 0 Å². The van der Waals surface area contributed by atoms with Crippen LogP contribution in [0, 0.1) is 10.8 Å². The molecule has 3 N–H and O–H groups in total. The van der Waals surface area contributed by atoms with E-state index in [2.05, 4.69) is 20.8 Å². The number of benzene rings is 2. The highest BCUT2D eigenvalue weighted by molar-refractivity contribution is 6.07. The van der Waals surface area contributed by atoms with Crippen LogP contribution in [-0.2, 0) is 0 Å². The Morgan fingerprint density at radius 2 is 1.95 bits per heavy atom. The number of rotatable bonds is 3. The minimum absolute atomic E-state index is 0.0916. The van der Waals surface area contributed by atoms with E-state index in [1.54, 1.807) is 0 Å². The second-order valence-corrected chi connectivity index (χ2v) is 5.95. The lowest BCUT2D eigenvalue weighted by Gasteiger charge is -2.19. The topological polar surface area (TPSA) is 59.1 Å². The van der Waals surface area contributed by atoms with E-state index >= 15 is 0 Å². The summed E-state index contributed by atoms with van der Waals surface area (Å²) >= 11 is 0. The molecule has 3 heteroatoms. The summed E-state index contributed by atoms with van der Waals surface area (Å²) < 4.78 is 5.79. The van der Waals surface area contributed by atoms with Gasteiger partial charge < -0.3 is 10.5 Å². The number of nitrogens with one attached hydrogen (secondary N) is 1. The van der Waals surface area contributed by atoms with Gasteiger partial charge in [-0.2, -0.15) is 0 Å². The highest BCUT2D eigenvalue weighted by Crippen LogP contribution is 2.25. The fourth-order valence-corrected chi connectivity index (χ4v) is 1.89. The van der Waals surface area contributed by atoms with E-state index in [-0.39, 0.29) is 11.3 Å². The lowest BCUT2D eigenvalue weighted by Crippen LogP contribution is -2.16. The van der Waals surface area contributed by atoms with E-state index in [4.69, 9.17) is 15.9 Å². The zero-order valence-corrected chi connectivity index (χ0v) is 11.7. The highest BCUT2D eigenvalue weighted by Gasteiger charge is 2.11. The maximum atomic E-state index is 7.58. The van der Waals surface area contributed by atoms with E-state index in [0.29, 0.717) is 6.61 Å². The van der Waals surface area contributed by atoms with Gasteiger partial charge in [0.25, 0.3) is 0 Å². The minimum Gasteiger partial charge on any atom is -0.493 e. The SMILES string of the molecule is CC(C)(C)COc1ccc2c(C(=N)N)cccc2c1. The summed E-state index contributed by atoms with van der Waals surface area (Å²) in [7, 11) is 0. The second-order valence-electron chi connectivity index (χ2n) is 5.95. The lowest BCUT2D eigenvalue weighted by atomic mass is 9.98. The van der Waals surface area contributed by atoms with Crippen LogP contribution in [0.3, 0.4) is 0 Å². The first-order valence-corrected chi connectivity index (χ1v) is 6.37. The van der Waals surface area contributed by atoms with Crippen LogP contribution in [0.2, 0.25) is 0 Å². The van der Waals surface area contributed by atoms with Gasteiger partial charge in [0.1, 0.15) is 11.6 Å². The zero-order valence-electron chi connectivity index (χ0n) is 11.7. The summed E-state index contributed by atoms with van der Waals surface area (Å²) in [5.74, 6) is 0.942. The first kappa shape index (κ1) is 13.4. The van der Waals surface area contributed by atoms with Crippen molar-refractivity contribution in [1.82, 2.24) is 0 Å². The molecule has 0 amide bonds. The van der Waals surface area contributed by atoms with Gasteiger partial charge >= 0.3 is 0 Å². The Balaban J connectivity index is 2.34. The van der Waals surface area contributed by atoms with E-state index in [1.165, 1.54) is 0 Å². The minimum atomic E-state index is 0.0916. The van der Waals surface area contributed by atoms with Gasteiger partial charge in [-0.25, -0.2) is 0 Å². The molecule has 0 spiro atoms. The molecule has 0 aliphatic heterocycles. The fourth-order valence-electron chi connectivity index (χ4n) is 1.89. The number of amidine groups is 1. The standard InChI is InChI=1S/C16H20N2O/c1-16(2,3)10-19-12-7-8-13-11(9-12)5-4-6-14(13)15(17)18/h4-9H,10H2,1-3H3,(H3,17,18). The van der Waals surface area contributed by atoms with Crippen molar-refractivity contribution in [1.29, 1.82) is 5.41 Å². The molecule has 2 aromatic carbocycles. The average Bonchev–Trinajstić information content (AvgIpc) is 2.34. The highest BCUT2D eigenvalue weighted by atomic mass is 16.5.